The molecule has 148 valence electrons. The van der Waals surface area contributed by atoms with Crippen molar-refractivity contribution in [2.75, 3.05) is 32.7 Å². The Morgan fingerprint density at radius 2 is 1.96 bits per heavy atom. The number of hydrogen-bond acceptors (Lipinski definition) is 4. The van der Waals surface area contributed by atoms with Gasteiger partial charge in [-0.1, -0.05) is 19.1 Å². The van der Waals surface area contributed by atoms with Crippen molar-refractivity contribution < 1.29 is 18.0 Å². The Labute approximate surface area is 164 Å². The highest BCUT2D eigenvalue weighted by atomic mass is 32.1. The second-order valence-electron chi connectivity index (χ2n) is 6.67. The average molecular weight is 408 g/mol. The number of amides is 1. The first-order chi connectivity index (χ1) is 13.4. The number of hydrogen-bond donors (Lipinski definition) is 0. The van der Waals surface area contributed by atoms with Gasteiger partial charge >= 0.3 is 6.18 Å². The fourth-order valence-corrected chi connectivity index (χ4v) is 4.18. The minimum Gasteiger partial charge on any atom is -0.335 e. The molecule has 28 heavy (non-hydrogen) atoms. The molecule has 1 aliphatic heterocycles. The molecule has 1 aromatic carbocycles. The summed E-state index contributed by atoms with van der Waals surface area (Å²) in [6, 6.07) is 5.05. The van der Waals surface area contributed by atoms with E-state index >= 15 is 0 Å². The predicted octanol–water partition coefficient (Wildman–Crippen LogP) is 3.86. The van der Waals surface area contributed by atoms with Crippen LogP contribution in [-0.2, 0) is 6.18 Å². The number of rotatable bonds is 3. The summed E-state index contributed by atoms with van der Waals surface area (Å²) < 4.78 is 41.2. The third-order valence-electron chi connectivity index (χ3n) is 5.03. The molecule has 2 aromatic heterocycles. The highest BCUT2D eigenvalue weighted by Crippen LogP contribution is 2.34. The lowest BCUT2D eigenvalue weighted by Crippen LogP contribution is -2.48. The molecule has 0 radical (unpaired) electrons. The van der Waals surface area contributed by atoms with E-state index < -0.39 is 11.7 Å². The number of halogens is 3. The van der Waals surface area contributed by atoms with Gasteiger partial charge in [0.2, 0.25) is 0 Å². The highest BCUT2D eigenvalue weighted by Gasteiger charge is 2.32. The number of thiazole rings is 1. The molecule has 0 unspecified atom stereocenters. The van der Waals surface area contributed by atoms with Crippen LogP contribution >= 0.6 is 11.3 Å². The Bertz CT molecular complexity index is 1000. The predicted molar refractivity (Wildman–Crippen MR) is 102 cm³/mol. The van der Waals surface area contributed by atoms with Gasteiger partial charge in [-0.3, -0.25) is 9.20 Å². The van der Waals surface area contributed by atoms with Gasteiger partial charge in [-0.05, 0) is 18.7 Å². The number of carbonyl (C=O) groups is 1. The van der Waals surface area contributed by atoms with Crippen LogP contribution in [0.15, 0.2) is 35.8 Å². The summed E-state index contributed by atoms with van der Waals surface area (Å²) in [7, 11) is 0. The van der Waals surface area contributed by atoms with E-state index in [1.807, 2.05) is 0 Å². The van der Waals surface area contributed by atoms with Crippen molar-refractivity contribution >= 4 is 22.2 Å². The van der Waals surface area contributed by atoms with Gasteiger partial charge in [0.05, 0.1) is 11.3 Å². The van der Waals surface area contributed by atoms with Crippen LogP contribution in [0.1, 0.15) is 23.0 Å². The van der Waals surface area contributed by atoms with Crippen LogP contribution in [0.3, 0.4) is 0 Å². The first-order valence-electron chi connectivity index (χ1n) is 9.03. The van der Waals surface area contributed by atoms with E-state index in [0.717, 1.165) is 31.8 Å². The maximum Gasteiger partial charge on any atom is 0.416 e. The maximum atomic E-state index is 13.2. The first-order valence-corrected chi connectivity index (χ1v) is 9.91. The molecule has 9 heteroatoms. The van der Waals surface area contributed by atoms with E-state index in [1.165, 1.54) is 17.4 Å². The number of carbonyl (C=O) groups excluding carboxylic acids is 1. The van der Waals surface area contributed by atoms with E-state index in [1.54, 1.807) is 26.9 Å². The SMILES string of the molecule is CCN1CCN(C(=O)c2nc3sccn3c2-c2cccc(C(F)(F)F)c2)CC1. The summed E-state index contributed by atoms with van der Waals surface area (Å²) in [4.78, 5) is 22.2. The van der Waals surface area contributed by atoms with Gasteiger partial charge in [0.1, 0.15) is 0 Å². The quantitative estimate of drug-likeness (QED) is 0.661. The Kier molecular flexibility index (Phi) is 4.88. The lowest BCUT2D eigenvalue weighted by molar-refractivity contribution is -0.137. The van der Waals surface area contributed by atoms with Crippen LogP contribution in [0.5, 0.6) is 0 Å². The Hall–Kier alpha value is -2.39. The lowest BCUT2D eigenvalue weighted by atomic mass is 10.1. The molecule has 1 fully saturated rings. The summed E-state index contributed by atoms with van der Waals surface area (Å²) in [5.41, 5.74) is 0.197. The third kappa shape index (κ3) is 3.40. The van der Waals surface area contributed by atoms with Crippen LogP contribution < -0.4 is 0 Å². The Morgan fingerprint density at radius 1 is 1.21 bits per heavy atom. The minimum absolute atomic E-state index is 0.205. The average Bonchev–Trinajstić information content (AvgIpc) is 3.28. The molecule has 0 N–H and O–H groups in total. The number of imidazole rings is 1. The smallest absolute Gasteiger partial charge is 0.335 e. The van der Waals surface area contributed by atoms with E-state index in [-0.39, 0.29) is 11.6 Å². The van der Waals surface area contributed by atoms with Gasteiger partial charge in [-0.2, -0.15) is 13.2 Å². The fraction of sp³-hybridized carbons (Fsp3) is 0.368. The molecule has 3 aromatic rings. The molecule has 0 saturated carbocycles. The normalized spacial score (nSPS) is 16.1. The van der Waals surface area contributed by atoms with Crippen molar-refractivity contribution in [1.29, 1.82) is 0 Å². The zero-order valence-corrected chi connectivity index (χ0v) is 16.1. The van der Waals surface area contributed by atoms with Crippen LogP contribution in [-0.4, -0.2) is 57.8 Å². The summed E-state index contributed by atoms with van der Waals surface area (Å²) in [6.45, 7) is 5.73. The minimum atomic E-state index is -4.45. The first kappa shape index (κ1) is 18.9. The molecule has 0 bridgehead atoms. The van der Waals surface area contributed by atoms with Crippen LogP contribution in [0.2, 0.25) is 0 Å². The van der Waals surface area contributed by atoms with Gasteiger partial charge < -0.3 is 9.80 Å². The van der Waals surface area contributed by atoms with E-state index in [2.05, 4.69) is 16.8 Å². The number of likely N-dealkylation sites (N-methyl/N-ethyl adjacent to an activating group) is 1. The van der Waals surface area contributed by atoms with Crippen molar-refractivity contribution in [3.8, 4) is 11.3 Å². The van der Waals surface area contributed by atoms with Gasteiger partial charge in [0.25, 0.3) is 5.91 Å². The topological polar surface area (TPSA) is 40.8 Å². The molecule has 4 rings (SSSR count). The van der Waals surface area contributed by atoms with Crippen molar-refractivity contribution in [3.05, 3.63) is 47.1 Å². The highest BCUT2D eigenvalue weighted by molar-refractivity contribution is 7.15. The Balaban J connectivity index is 1.75. The molecular formula is C19H19F3N4OS. The lowest BCUT2D eigenvalue weighted by Gasteiger charge is -2.33. The van der Waals surface area contributed by atoms with Crippen LogP contribution in [0.4, 0.5) is 13.2 Å². The van der Waals surface area contributed by atoms with Gasteiger partial charge in [-0.25, -0.2) is 4.98 Å². The third-order valence-corrected chi connectivity index (χ3v) is 5.79. The van der Waals surface area contributed by atoms with E-state index in [0.29, 0.717) is 29.3 Å². The standard InChI is InChI=1S/C19H19F3N4OS/c1-2-24-6-8-25(9-7-24)17(27)15-16(26-10-11-28-18(26)23-15)13-4-3-5-14(12-13)19(20,21)22/h3-5,10-12H,2,6-9H2,1H3. The number of nitrogens with zero attached hydrogens (tertiary/aromatic N) is 4. The van der Waals surface area contributed by atoms with Crippen molar-refractivity contribution in [2.24, 2.45) is 0 Å². The molecule has 0 atom stereocenters. The zero-order chi connectivity index (χ0) is 19.9. The molecule has 5 nitrogen and oxygen atoms in total. The summed E-state index contributed by atoms with van der Waals surface area (Å²) in [5, 5.41) is 1.80. The zero-order valence-electron chi connectivity index (χ0n) is 15.2. The van der Waals surface area contributed by atoms with Gasteiger partial charge in [-0.15, -0.1) is 11.3 Å². The summed E-state index contributed by atoms with van der Waals surface area (Å²) >= 11 is 1.35. The van der Waals surface area contributed by atoms with Gasteiger partial charge in [0, 0.05) is 43.3 Å². The number of benzene rings is 1. The Morgan fingerprint density at radius 3 is 2.64 bits per heavy atom. The van der Waals surface area contributed by atoms with Crippen molar-refractivity contribution in [2.45, 2.75) is 13.1 Å². The molecule has 3 heterocycles. The molecule has 1 amide bonds. The number of alkyl halides is 3. The van der Waals surface area contributed by atoms with Crippen molar-refractivity contribution in [1.82, 2.24) is 19.2 Å². The summed E-state index contributed by atoms with van der Waals surface area (Å²) in [5.74, 6) is -0.237. The maximum absolute atomic E-state index is 13.2. The van der Waals surface area contributed by atoms with Gasteiger partial charge in [0.15, 0.2) is 10.7 Å². The second kappa shape index (κ2) is 7.21. The monoisotopic (exact) mass is 408 g/mol. The molecule has 1 aliphatic rings. The van der Waals surface area contributed by atoms with Crippen LogP contribution in [0.25, 0.3) is 16.2 Å². The van der Waals surface area contributed by atoms with E-state index in [4.69, 9.17) is 0 Å². The molecule has 0 spiro atoms. The van der Waals surface area contributed by atoms with Crippen molar-refractivity contribution in [3.63, 3.8) is 0 Å². The number of aromatic nitrogens is 2. The number of piperazine rings is 1. The summed E-state index contributed by atoms with van der Waals surface area (Å²) in [6.07, 6.45) is -2.72. The fourth-order valence-electron chi connectivity index (χ4n) is 3.47. The second-order valence-corrected chi connectivity index (χ2v) is 7.54. The number of fused-ring (bicyclic) bond motifs is 1. The molecule has 0 aliphatic carbocycles. The molecular weight excluding hydrogens is 389 g/mol. The molecule has 1 saturated heterocycles. The van der Waals surface area contributed by atoms with E-state index in [9.17, 15) is 18.0 Å². The van der Waals surface area contributed by atoms with Crippen LogP contribution in [0, 0.1) is 0 Å². The largest absolute Gasteiger partial charge is 0.416 e.